The predicted octanol–water partition coefficient (Wildman–Crippen LogP) is 6.31. The van der Waals surface area contributed by atoms with Gasteiger partial charge in [0.15, 0.2) is 0 Å². The molecule has 8 nitrogen and oxygen atoms in total. The molecule has 2 aromatic carbocycles. The highest BCUT2D eigenvalue weighted by molar-refractivity contribution is 7.98. The molecule has 0 saturated carbocycles. The van der Waals surface area contributed by atoms with Gasteiger partial charge in [0.25, 0.3) is 5.91 Å². The summed E-state index contributed by atoms with van der Waals surface area (Å²) in [6.07, 6.45) is 2.96. The number of phenols is 1. The first-order chi connectivity index (χ1) is 18.4. The van der Waals surface area contributed by atoms with Gasteiger partial charge < -0.3 is 25.4 Å². The zero-order valence-corrected chi connectivity index (χ0v) is 25.1. The zero-order chi connectivity index (χ0) is 29.2. The molecule has 0 aliphatic rings. The molecule has 0 fully saturated rings. The summed E-state index contributed by atoms with van der Waals surface area (Å²) in [7, 11) is 0. The van der Waals surface area contributed by atoms with Crippen LogP contribution in [0.4, 0.5) is 10.5 Å². The topological polar surface area (TPSA) is 108 Å². The summed E-state index contributed by atoms with van der Waals surface area (Å²) in [6.45, 7) is 9.32. The number of para-hydroxylation sites is 1. The van der Waals surface area contributed by atoms with Crippen LogP contribution in [0.5, 0.6) is 5.75 Å². The third-order valence-corrected chi connectivity index (χ3v) is 6.81. The number of aromatic hydroxyl groups is 1. The van der Waals surface area contributed by atoms with E-state index in [1.807, 2.05) is 26.2 Å². The number of aryl methyl sites for hydroxylation is 1. The van der Waals surface area contributed by atoms with E-state index < -0.39 is 35.6 Å². The van der Waals surface area contributed by atoms with Crippen LogP contribution in [0.25, 0.3) is 0 Å². The SMILES string of the molecule is CCCCN(C(=O)C(CCSC)NC(=O)OC(C)(C)C)C(C(=O)Nc1c(C)cccc1Cl)c1cccc(O)c1. The van der Waals surface area contributed by atoms with Crippen molar-refractivity contribution in [2.45, 2.75) is 71.6 Å². The average Bonchev–Trinajstić information content (AvgIpc) is 2.85. The number of nitrogens with zero attached hydrogens (tertiary/aromatic N) is 1. The van der Waals surface area contributed by atoms with Gasteiger partial charge in [0, 0.05) is 6.54 Å². The molecule has 10 heteroatoms. The molecule has 0 radical (unpaired) electrons. The summed E-state index contributed by atoms with van der Waals surface area (Å²) >= 11 is 7.94. The van der Waals surface area contributed by atoms with Gasteiger partial charge in [-0.25, -0.2) is 4.79 Å². The highest BCUT2D eigenvalue weighted by Gasteiger charge is 2.36. The van der Waals surface area contributed by atoms with E-state index in [1.54, 1.807) is 56.8 Å². The molecule has 2 atom stereocenters. The number of anilines is 1. The van der Waals surface area contributed by atoms with Crippen molar-refractivity contribution in [1.82, 2.24) is 10.2 Å². The number of hydrogen-bond donors (Lipinski definition) is 3. The van der Waals surface area contributed by atoms with E-state index in [0.29, 0.717) is 34.9 Å². The summed E-state index contributed by atoms with van der Waals surface area (Å²) in [6, 6.07) is 9.56. The highest BCUT2D eigenvalue weighted by atomic mass is 35.5. The fourth-order valence-electron chi connectivity index (χ4n) is 3.99. The third kappa shape index (κ3) is 9.97. The summed E-state index contributed by atoms with van der Waals surface area (Å²) in [4.78, 5) is 42.2. The molecule has 0 aliphatic heterocycles. The second-order valence-corrected chi connectivity index (χ2v) is 11.7. The Morgan fingerprint density at radius 3 is 2.44 bits per heavy atom. The Kier molecular flexibility index (Phi) is 12.4. The number of carbonyl (C=O) groups is 3. The Morgan fingerprint density at radius 2 is 1.85 bits per heavy atom. The van der Waals surface area contributed by atoms with Gasteiger partial charge in [-0.1, -0.05) is 49.2 Å². The lowest BCUT2D eigenvalue weighted by Gasteiger charge is -2.34. The van der Waals surface area contributed by atoms with Gasteiger partial charge in [0.1, 0.15) is 23.4 Å². The monoisotopic (exact) mass is 577 g/mol. The number of phenolic OH excluding ortho intramolecular Hbond substituents is 1. The number of amides is 3. The maximum atomic E-state index is 14.1. The molecule has 39 heavy (non-hydrogen) atoms. The minimum atomic E-state index is -1.09. The predicted molar refractivity (Wildman–Crippen MR) is 158 cm³/mol. The first kappa shape index (κ1) is 32.3. The Labute approximate surface area is 240 Å². The molecule has 0 aliphatic carbocycles. The van der Waals surface area contributed by atoms with Crippen LogP contribution in [0.3, 0.4) is 0 Å². The fourth-order valence-corrected chi connectivity index (χ4v) is 4.73. The third-order valence-electron chi connectivity index (χ3n) is 5.85. The van der Waals surface area contributed by atoms with Crippen molar-refractivity contribution in [2.24, 2.45) is 0 Å². The Balaban J connectivity index is 2.55. The quantitative estimate of drug-likeness (QED) is 0.273. The molecular formula is C29H40ClN3O5S. The van der Waals surface area contributed by atoms with Crippen molar-refractivity contribution in [3.8, 4) is 5.75 Å². The number of benzene rings is 2. The molecule has 2 rings (SSSR count). The smallest absolute Gasteiger partial charge is 0.408 e. The average molecular weight is 578 g/mol. The van der Waals surface area contributed by atoms with Crippen LogP contribution in [-0.4, -0.2) is 58.1 Å². The Hall–Kier alpha value is -2.91. The summed E-state index contributed by atoms with van der Waals surface area (Å²) in [5.74, 6) is -0.326. The molecule has 0 spiro atoms. The van der Waals surface area contributed by atoms with Gasteiger partial charge in [-0.15, -0.1) is 0 Å². The van der Waals surface area contributed by atoms with E-state index >= 15 is 0 Å². The second kappa shape index (κ2) is 15.0. The van der Waals surface area contributed by atoms with Crippen LogP contribution >= 0.6 is 23.4 Å². The number of carbonyl (C=O) groups excluding carboxylic acids is 3. The minimum Gasteiger partial charge on any atom is -0.508 e. The summed E-state index contributed by atoms with van der Waals surface area (Å²) in [5.41, 5.74) is 0.905. The van der Waals surface area contributed by atoms with Crippen LogP contribution in [0, 0.1) is 6.92 Å². The number of nitrogens with one attached hydrogen (secondary N) is 2. The van der Waals surface area contributed by atoms with Crippen molar-refractivity contribution in [2.75, 3.05) is 23.9 Å². The number of halogens is 1. The van der Waals surface area contributed by atoms with Gasteiger partial charge in [-0.05, 0) is 81.9 Å². The van der Waals surface area contributed by atoms with E-state index in [-0.39, 0.29) is 12.3 Å². The van der Waals surface area contributed by atoms with Gasteiger partial charge in [0.05, 0.1) is 10.7 Å². The van der Waals surface area contributed by atoms with Gasteiger partial charge in [-0.3, -0.25) is 9.59 Å². The minimum absolute atomic E-state index is 0.0343. The number of ether oxygens (including phenoxy) is 1. The molecule has 0 saturated heterocycles. The van der Waals surface area contributed by atoms with Gasteiger partial charge in [0.2, 0.25) is 5.91 Å². The number of alkyl carbamates (subject to hydrolysis) is 1. The normalized spacial score (nSPS) is 12.8. The molecule has 0 heterocycles. The van der Waals surface area contributed by atoms with E-state index in [4.69, 9.17) is 16.3 Å². The molecule has 214 valence electrons. The standard InChI is InChI=1S/C29H40ClN3O5S/c1-7-8-16-33(27(36)23(15-17-39-6)31-28(37)38-29(3,4)5)25(20-12-10-13-21(34)18-20)26(35)32-24-19(2)11-9-14-22(24)30/h9-14,18,23,25,34H,7-8,15-17H2,1-6H3,(H,31,37)(H,32,35). The maximum Gasteiger partial charge on any atom is 0.408 e. The number of hydrogen-bond acceptors (Lipinski definition) is 6. The van der Waals surface area contributed by atoms with Crippen LogP contribution in [0.15, 0.2) is 42.5 Å². The van der Waals surface area contributed by atoms with Crippen LogP contribution in [0.1, 0.15) is 64.1 Å². The van der Waals surface area contributed by atoms with Crippen molar-refractivity contribution < 1.29 is 24.2 Å². The lowest BCUT2D eigenvalue weighted by Crippen LogP contribution is -2.52. The lowest BCUT2D eigenvalue weighted by molar-refractivity contribution is -0.141. The summed E-state index contributed by atoms with van der Waals surface area (Å²) in [5, 5.41) is 16.2. The van der Waals surface area contributed by atoms with Gasteiger partial charge >= 0.3 is 6.09 Å². The largest absolute Gasteiger partial charge is 0.508 e. The Bertz CT molecular complexity index is 1120. The van der Waals surface area contributed by atoms with Crippen LogP contribution in [0.2, 0.25) is 5.02 Å². The molecular weight excluding hydrogens is 538 g/mol. The number of thioether (sulfide) groups is 1. The summed E-state index contributed by atoms with van der Waals surface area (Å²) < 4.78 is 5.42. The lowest BCUT2D eigenvalue weighted by atomic mass is 10.0. The van der Waals surface area contributed by atoms with E-state index in [2.05, 4.69) is 10.6 Å². The van der Waals surface area contributed by atoms with Crippen LogP contribution in [-0.2, 0) is 14.3 Å². The molecule has 2 aromatic rings. The maximum absolute atomic E-state index is 14.1. The van der Waals surface area contributed by atoms with E-state index in [9.17, 15) is 19.5 Å². The van der Waals surface area contributed by atoms with Crippen molar-refractivity contribution >= 4 is 47.0 Å². The van der Waals surface area contributed by atoms with Crippen molar-refractivity contribution in [1.29, 1.82) is 0 Å². The Morgan fingerprint density at radius 1 is 1.15 bits per heavy atom. The first-order valence-corrected chi connectivity index (χ1v) is 14.8. The van der Waals surface area contributed by atoms with Gasteiger partial charge in [-0.2, -0.15) is 11.8 Å². The molecule has 0 aromatic heterocycles. The van der Waals surface area contributed by atoms with Crippen molar-refractivity contribution in [3.63, 3.8) is 0 Å². The molecule has 3 amide bonds. The van der Waals surface area contributed by atoms with E-state index in [1.165, 1.54) is 17.0 Å². The number of rotatable bonds is 12. The highest BCUT2D eigenvalue weighted by Crippen LogP contribution is 2.31. The second-order valence-electron chi connectivity index (χ2n) is 10.3. The van der Waals surface area contributed by atoms with Crippen LogP contribution < -0.4 is 10.6 Å². The van der Waals surface area contributed by atoms with Crippen molar-refractivity contribution in [3.05, 3.63) is 58.6 Å². The zero-order valence-electron chi connectivity index (χ0n) is 23.5. The van der Waals surface area contributed by atoms with E-state index in [0.717, 1.165) is 12.0 Å². The molecule has 2 unspecified atom stereocenters. The molecule has 0 bridgehead atoms. The molecule has 3 N–H and O–H groups in total. The number of unbranched alkanes of at least 4 members (excludes halogenated alkanes) is 1. The first-order valence-electron chi connectivity index (χ1n) is 13.0. The fraction of sp³-hybridized carbons (Fsp3) is 0.483.